The van der Waals surface area contributed by atoms with Crippen LogP contribution in [0.15, 0.2) is 36.5 Å². The van der Waals surface area contributed by atoms with Crippen molar-refractivity contribution in [1.82, 2.24) is 10.3 Å². The van der Waals surface area contributed by atoms with Crippen LogP contribution >= 0.6 is 0 Å². The minimum absolute atomic E-state index is 0.278. The summed E-state index contributed by atoms with van der Waals surface area (Å²) in [6.45, 7) is 2.04. The molecule has 3 aromatic rings. The van der Waals surface area contributed by atoms with Gasteiger partial charge in [-0.1, -0.05) is 0 Å². The Hall–Kier alpha value is -3.19. The van der Waals surface area contributed by atoms with Gasteiger partial charge in [0.1, 0.15) is 17.7 Å². The van der Waals surface area contributed by atoms with Crippen molar-refractivity contribution >= 4 is 22.3 Å². The quantitative estimate of drug-likeness (QED) is 0.501. The monoisotopic (exact) mass is 449 g/mol. The van der Waals surface area contributed by atoms with Crippen LogP contribution < -0.4 is 29.6 Å². The standard InChI is InChI=1S/C26H31N3O4/c1-30-22-12-18(13-23(31-2)26(22)32-3)29-24-14-20-17(15-28-24)6-7-21(25(20)16-4-5-16)33-19-8-10-27-11-9-19/h6-7,12-16,19,27H,4-5,8-11H2,1-3H3,(H,28,29). The van der Waals surface area contributed by atoms with Crippen LogP contribution in [0.2, 0.25) is 0 Å². The van der Waals surface area contributed by atoms with E-state index in [4.69, 9.17) is 18.9 Å². The molecule has 1 aromatic heterocycles. The van der Waals surface area contributed by atoms with Gasteiger partial charge < -0.3 is 29.6 Å². The Labute approximate surface area is 194 Å². The van der Waals surface area contributed by atoms with Gasteiger partial charge in [-0.15, -0.1) is 0 Å². The second-order valence-corrected chi connectivity index (χ2v) is 8.65. The highest BCUT2D eigenvalue weighted by molar-refractivity contribution is 5.90. The van der Waals surface area contributed by atoms with Crippen LogP contribution in [0.3, 0.4) is 0 Å². The van der Waals surface area contributed by atoms with Crippen LogP contribution in [-0.2, 0) is 0 Å². The maximum absolute atomic E-state index is 6.51. The molecule has 1 saturated heterocycles. The summed E-state index contributed by atoms with van der Waals surface area (Å²) in [6, 6.07) is 10.1. The number of aromatic nitrogens is 1. The fourth-order valence-electron chi connectivity index (χ4n) is 4.58. The summed E-state index contributed by atoms with van der Waals surface area (Å²) in [5, 5.41) is 9.15. The van der Waals surface area contributed by atoms with Crippen LogP contribution in [0.1, 0.15) is 37.2 Å². The van der Waals surface area contributed by atoms with Crippen molar-refractivity contribution in [3.63, 3.8) is 0 Å². The molecule has 2 fully saturated rings. The van der Waals surface area contributed by atoms with Crippen molar-refractivity contribution in [2.24, 2.45) is 0 Å². The zero-order valence-electron chi connectivity index (χ0n) is 19.4. The van der Waals surface area contributed by atoms with E-state index in [1.807, 2.05) is 18.3 Å². The molecule has 2 aliphatic rings. The molecular weight excluding hydrogens is 418 g/mol. The predicted octanol–water partition coefficient (Wildman–Crippen LogP) is 5.01. The normalized spacial score (nSPS) is 16.5. The number of anilines is 2. The Morgan fingerprint density at radius 2 is 1.61 bits per heavy atom. The topological polar surface area (TPSA) is 73.9 Å². The van der Waals surface area contributed by atoms with Gasteiger partial charge in [0.15, 0.2) is 11.5 Å². The third-order valence-corrected chi connectivity index (χ3v) is 6.41. The number of hydrogen-bond acceptors (Lipinski definition) is 7. The van der Waals surface area contributed by atoms with Crippen molar-refractivity contribution in [2.75, 3.05) is 39.7 Å². The summed E-state index contributed by atoms with van der Waals surface area (Å²) in [4.78, 5) is 4.65. The van der Waals surface area contributed by atoms with Crippen LogP contribution in [0.4, 0.5) is 11.5 Å². The average molecular weight is 450 g/mol. The Morgan fingerprint density at radius 3 is 2.24 bits per heavy atom. The number of piperidine rings is 1. The van der Waals surface area contributed by atoms with E-state index >= 15 is 0 Å². The molecule has 0 unspecified atom stereocenters. The van der Waals surface area contributed by atoms with Gasteiger partial charge in [0.2, 0.25) is 5.75 Å². The van der Waals surface area contributed by atoms with Gasteiger partial charge in [-0.2, -0.15) is 0 Å². The number of fused-ring (bicyclic) bond motifs is 1. The molecule has 7 nitrogen and oxygen atoms in total. The molecule has 0 spiro atoms. The molecular formula is C26H31N3O4. The molecule has 2 heterocycles. The van der Waals surface area contributed by atoms with Crippen molar-refractivity contribution < 1.29 is 18.9 Å². The van der Waals surface area contributed by atoms with Gasteiger partial charge in [0, 0.05) is 35.0 Å². The average Bonchev–Trinajstić information content (AvgIpc) is 3.69. The molecule has 0 bridgehead atoms. The lowest BCUT2D eigenvalue weighted by molar-refractivity contribution is 0.161. The molecule has 2 N–H and O–H groups in total. The van der Waals surface area contributed by atoms with E-state index in [1.165, 1.54) is 23.8 Å². The Balaban J connectivity index is 1.49. The molecule has 1 aliphatic carbocycles. The van der Waals surface area contributed by atoms with Gasteiger partial charge in [0.05, 0.1) is 21.3 Å². The second kappa shape index (κ2) is 9.35. The lowest BCUT2D eigenvalue weighted by atomic mass is 10.0. The molecule has 174 valence electrons. The number of nitrogens with one attached hydrogen (secondary N) is 2. The summed E-state index contributed by atoms with van der Waals surface area (Å²) >= 11 is 0. The summed E-state index contributed by atoms with van der Waals surface area (Å²) in [6.07, 6.45) is 6.72. The van der Waals surface area contributed by atoms with E-state index in [1.54, 1.807) is 21.3 Å². The molecule has 2 aromatic carbocycles. The van der Waals surface area contributed by atoms with Crippen LogP contribution in [0, 0.1) is 0 Å². The van der Waals surface area contributed by atoms with Crippen LogP contribution in [0.5, 0.6) is 23.0 Å². The smallest absolute Gasteiger partial charge is 0.203 e. The first-order valence-electron chi connectivity index (χ1n) is 11.6. The number of methoxy groups -OCH3 is 3. The first-order chi connectivity index (χ1) is 16.2. The molecule has 0 atom stereocenters. The highest BCUT2D eigenvalue weighted by Gasteiger charge is 2.30. The maximum atomic E-state index is 6.51. The first-order valence-corrected chi connectivity index (χ1v) is 11.6. The van der Waals surface area contributed by atoms with Gasteiger partial charge in [-0.05, 0) is 68.3 Å². The summed E-state index contributed by atoms with van der Waals surface area (Å²) < 4.78 is 22.9. The number of rotatable bonds is 8. The Kier molecular flexibility index (Phi) is 6.13. The second-order valence-electron chi connectivity index (χ2n) is 8.65. The lowest BCUT2D eigenvalue weighted by Gasteiger charge is -2.25. The molecule has 7 heteroatoms. The molecule has 0 radical (unpaired) electrons. The van der Waals surface area contributed by atoms with Crippen molar-refractivity contribution in [1.29, 1.82) is 0 Å². The molecule has 1 aliphatic heterocycles. The van der Waals surface area contributed by atoms with E-state index in [9.17, 15) is 0 Å². The fraction of sp³-hybridized carbons (Fsp3) is 0.423. The van der Waals surface area contributed by atoms with Crippen LogP contribution in [0.25, 0.3) is 10.8 Å². The highest BCUT2D eigenvalue weighted by Crippen LogP contribution is 2.48. The van der Waals surface area contributed by atoms with Gasteiger partial charge in [0.25, 0.3) is 0 Å². The zero-order valence-corrected chi connectivity index (χ0v) is 19.4. The van der Waals surface area contributed by atoms with E-state index < -0.39 is 0 Å². The molecule has 0 amide bonds. The molecule has 5 rings (SSSR count). The number of nitrogens with zero attached hydrogens (tertiary/aromatic N) is 1. The van der Waals surface area contributed by atoms with Crippen molar-refractivity contribution in [2.45, 2.75) is 37.7 Å². The SMILES string of the molecule is COc1cc(Nc2cc3c(C4CC4)c(OC4CCNCC4)ccc3cn2)cc(OC)c1OC. The van der Waals surface area contributed by atoms with E-state index in [2.05, 4.69) is 33.8 Å². The van der Waals surface area contributed by atoms with Crippen molar-refractivity contribution in [3.05, 3.63) is 42.1 Å². The number of ether oxygens (including phenoxy) is 4. The first kappa shape index (κ1) is 21.6. The molecule has 33 heavy (non-hydrogen) atoms. The lowest BCUT2D eigenvalue weighted by Crippen LogP contribution is -2.34. The van der Waals surface area contributed by atoms with Crippen LogP contribution in [-0.4, -0.2) is 45.5 Å². The van der Waals surface area contributed by atoms with Crippen molar-refractivity contribution in [3.8, 4) is 23.0 Å². The van der Waals surface area contributed by atoms with Gasteiger partial charge in [-0.3, -0.25) is 0 Å². The number of benzene rings is 2. The third-order valence-electron chi connectivity index (χ3n) is 6.41. The Morgan fingerprint density at radius 1 is 0.879 bits per heavy atom. The zero-order chi connectivity index (χ0) is 22.8. The van der Waals surface area contributed by atoms with E-state index in [0.29, 0.717) is 23.2 Å². The summed E-state index contributed by atoms with van der Waals surface area (Å²) in [5.74, 6) is 4.10. The number of pyridine rings is 1. The van der Waals surface area contributed by atoms with Gasteiger partial charge in [-0.25, -0.2) is 4.98 Å². The fourth-order valence-corrected chi connectivity index (χ4v) is 4.58. The van der Waals surface area contributed by atoms with E-state index in [0.717, 1.165) is 48.6 Å². The minimum Gasteiger partial charge on any atom is -0.493 e. The predicted molar refractivity (Wildman–Crippen MR) is 130 cm³/mol. The molecule has 1 saturated carbocycles. The largest absolute Gasteiger partial charge is 0.493 e. The van der Waals surface area contributed by atoms with E-state index in [-0.39, 0.29) is 6.10 Å². The Bertz CT molecular complexity index is 1110. The maximum Gasteiger partial charge on any atom is 0.203 e. The number of hydrogen-bond donors (Lipinski definition) is 2. The highest BCUT2D eigenvalue weighted by atomic mass is 16.5. The minimum atomic E-state index is 0.278. The summed E-state index contributed by atoms with van der Waals surface area (Å²) in [7, 11) is 4.82. The third kappa shape index (κ3) is 4.50. The summed E-state index contributed by atoms with van der Waals surface area (Å²) in [5.41, 5.74) is 2.13. The van der Waals surface area contributed by atoms with Gasteiger partial charge >= 0.3 is 0 Å².